The molecule has 1 atom stereocenters. The van der Waals surface area contributed by atoms with Gasteiger partial charge in [-0.25, -0.2) is 4.79 Å². The number of benzene rings is 2. The van der Waals surface area contributed by atoms with Crippen LogP contribution in [-0.2, 0) is 16.0 Å². The first-order valence-electron chi connectivity index (χ1n) is 8.36. The van der Waals surface area contributed by atoms with Crippen LogP contribution in [-0.4, -0.2) is 19.4 Å². The summed E-state index contributed by atoms with van der Waals surface area (Å²) in [5.41, 5.74) is 8.95. The van der Waals surface area contributed by atoms with Gasteiger partial charge in [0.1, 0.15) is 6.29 Å². The fourth-order valence-electron chi connectivity index (χ4n) is 2.25. The van der Waals surface area contributed by atoms with Crippen molar-refractivity contribution in [3.63, 3.8) is 0 Å². The molecule has 0 saturated heterocycles. The zero-order valence-electron chi connectivity index (χ0n) is 15.4. The molecule has 1 unspecified atom stereocenters. The largest absolute Gasteiger partial charge is 0.465 e. The molecule has 0 aliphatic heterocycles. The van der Waals surface area contributed by atoms with E-state index in [9.17, 15) is 9.59 Å². The van der Waals surface area contributed by atoms with Crippen molar-refractivity contribution < 1.29 is 14.3 Å². The summed E-state index contributed by atoms with van der Waals surface area (Å²) >= 11 is 0. The highest BCUT2D eigenvalue weighted by Crippen LogP contribution is 2.16. The number of esters is 1. The van der Waals surface area contributed by atoms with Crippen LogP contribution < -0.4 is 5.73 Å². The lowest BCUT2D eigenvalue weighted by atomic mass is 9.98. The number of nitrogens with two attached hydrogens (primary N) is 1. The SMILES string of the molecule is CC(C=O)Cc1ccc(C(C)C)cc1.COC(=O)c1ccccc1N. The molecule has 0 aliphatic carbocycles. The molecule has 0 bridgehead atoms. The summed E-state index contributed by atoms with van der Waals surface area (Å²) in [6, 6.07) is 15.3. The summed E-state index contributed by atoms with van der Waals surface area (Å²) in [5, 5.41) is 0. The summed E-state index contributed by atoms with van der Waals surface area (Å²) in [6.45, 7) is 6.31. The molecule has 0 aromatic heterocycles. The Labute approximate surface area is 150 Å². The predicted octanol–water partition coefficient (Wildman–Crippen LogP) is 4.24. The maximum Gasteiger partial charge on any atom is 0.339 e. The van der Waals surface area contributed by atoms with Gasteiger partial charge in [-0.15, -0.1) is 0 Å². The number of aldehydes is 1. The van der Waals surface area contributed by atoms with Crippen LogP contribution in [0.15, 0.2) is 48.5 Å². The molecular weight excluding hydrogens is 314 g/mol. The van der Waals surface area contributed by atoms with Gasteiger partial charge >= 0.3 is 5.97 Å². The highest BCUT2D eigenvalue weighted by Gasteiger charge is 2.07. The Kier molecular flexibility index (Phi) is 8.40. The third-order valence-corrected chi connectivity index (χ3v) is 3.80. The molecule has 2 aromatic carbocycles. The van der Waals surface area contributed by atoms with Crippen molar-refractivity contribution in [2.24, 2.45) is 5.92 Å². The summed E-state index contributed by atoms with van der Waals surface area (Å²) in [5.74, 6) is 0.301. The standard InChI is InChI=1S/C13H18O.C8H9NO2/c1-10(2)13-6-4-12(5-7-13)8-11(3)9-14;1-11-8(10)6-4-2-3-5-7(6)9/h4-7,9-11H,8H2,1-3H3;2-5H,9H2,1H3. The molecule has 2 aromatic rings. The summed E-state index contributed by atoms with van der Waals surface area (Å²) in [6.07, 6.45) is 1.86. The minimum atomic E-state index is -0.400. The molecular formula is C21H27NO3. The number of hydrogen-bond donors (Lipinski definition) is 1. The summed E-state index contributed by atoms with van der Waals surface area (Å²) in [7, 11) is 1.33. The van der Waals surface area contributed by atoms with Crippen LogP contribution in [0.1, 0.15) is 48.2 Å². The van der Waals surface area contributed by atoms with Crippen LogP contribution in [0.4, 0.5) is 5.69 Å². The topological polar surface area (TPSA) is 69.4 Å². The Bertz CT molecular complexity index is 678. The summed E-state index contributed by atoms with van der Waals surface area (Å²) < 4.78 is 4.50. The number of nitrogen functional groups attached to an aromatic ring is 1. The van der Waals surface area contributed by atoms with Gasteiger partial charge in [0.05, 0.1) is 12.7 Å². The van der Waals surface area contributed by atoms with Gasteiger partial charge in [-0.2, -0.15) is 0 Å². The Morgan fingerprint density at radius 1 is 1.08 bits per heavy atom. The number of para-hydroxylation sites is 1. The zero-order chi connectivity index (χ0) is 18.8. The average molecular weight is 341 g/mol. The summed E-state index contributed by atoms with van der Waals surface area (Å²) in [4.78, 5) is 21.4. The monoisotopic (exact) mass is 341 g/mol. The Morgan fingerprint density at radius 3 is 2.16 bits per heavy atom. The first kappa shape index (κ1) is 20.4. The predicted molar refractivity (Wildman–Crippen MR) is 102 cm³/mol. The second-order valence-electron chi connectivity index (χ2n) is 6.29. The number of rotatable bonds is 5. The van der Waals surface area contributed by atoms with Crippen LogP contribution in [0.5, 0.6) is 0 Å². The molecule has 0 spiro atoms. The second-order valence-corrected chi connectivity index (χ2v) is 6.29. The van der Waals surface area contributed by atoms with Crippen molar-refractivity contribution in [1.29, 1.82) is 0 Å². The number of ether oxygens (including phenoxy) is 1. The van der Waals surface area contributed by atoms with E-state index < -0.39 is 5.97 Å². The molecule has 134 valence electrons. The molecule has 0 fully saturated rings. The van der Waals surface area contributed by atoms with Crippen molar-refractivity contribution in [1.82, 2.24) is 0 Å². The van der Waals surface area contributed by atoms with Crippen molar-refractivity contribution >= 4 is 17.9 Å². The minimum Gasteiger partial charge on any atom is -0.465 e. The number of anilines is 1. The van der Waals surface area contributed by atoms with Gasteiger partial charge in [0.2, 0.25) is 0 Å². The lowest BCUT2D eigenvalue weighted by Gasteiger charge is -2.07. The van der Waals surface area contributed by atoms with E-state index in [0.29, 0.717) is 17.2 Å². The van der Waals surface area contributed by atoms with E-state index in [1.807, 2.05) is 6.92 Å². The maximum absolute atomic E-state index is 10.9. The van der Waals surface area contributed by atoms with Gasteiger partial charge in [0.15, 0.2) is 0 Å². The molecule has 2 N–H and O–H groups in total. The van der Waals surface area contributed by atoms with Gasteiger partial charge in [0, 0.05) is 11.6 Å². The lowest BCUT2D eigenvalue weighted by molar-refractivity contribution is -0.110. The fraction of sp³-hybridized carbons (Fsp3) is 0.333. The highest BCUT2D eigenvalue weighted by atomic mass is 16.5. The normalized spacial score (nSPS) is 11.2. The maximum atomic E-state index is 10.9. The fourth-order valence-corrected chi connectivity index (χ4v) is 2.25. The van der Waals surface area contributed by atoms with E-state index in [-0.39, 0.29) is 5.92 Å². The first-order valence-corrected chi connectivity index (χ1v) is 8.36. The zero-order valence-corrected chi connectivity index (χ0v) is 15.4. The van der Waals surface area contributed by atoms with Crippen molar-refractivity contribution in [3.05, 3.63) is 65.2 Å². The van der Waals surface area contributed by atoms with Gasteiger partial charge in [-0.1, -0.05) is 57.2 Å². The molecule has 4 heteroatoms. The van der Waals surface area contributed by atoms with Crippen LogP contribution in [0.3, 0.4) is 0 Å². The van der Waals surface area contributed by atoms with Crippen molar-refractivity contribution in [3.8, 4) is 0 Å². The Morgan fingerprint density at radius 2 is 1.68 bits per heavy atom. The van der Waals surface area contributed by atoms with Crippen LogP contribution >= 0.6 is 0 Å². The van der Waals surface area contributed by atoms with Crippen LogP contribution in [0.2, 0.25) is 0 Å². The van der Waals surface area contributed by atoms with E-state index in [4.69, 9.17) is 5.73 Å². The van der Waals surface area contributed by atoms with Gasteiger partial charge in [0.25, 0.3) is 0 Å². The van der Waals surface area contributed by atoms with Gasteiger partial charge in [-0.05, 0) is 35.6 Å². The second kappa shape index (κ2) is 10.3. The van der Waals surface area contributed by atoms with E-state index in [1.165, 1.54) is 18.2 Å². The van der Waals surface area contributed by atoms with Gasteiger partial charge in [-0.3, -0.25) is 0 Å². The minimum absolute atomic E-state index is 0.125. The van der Waals surface area contributed by atoms with E-state index in [2.05, 4.69) is 42.8 Å². The molecule has 0 saturated carbocycles. The molecule has 0 aliphatic rings. The first-order chi connectivity index (χ1) is 11.9. The lowest BCUT2D eigenvalue weighted by Crippen LogP contribution is -2.04. The average Bonchev–Trinajstić information content (AvgIpc) is 2.62. The number of hydrogen-bond acceptors (Lipinski definition) is 4. The number of carbonyl (C=O) groups excluding carboxylic acids is 2. The van der Waals surface area contributed by atoms with E-state index >= 15 is 0 Å². The van der Waals surface area contributed by atoms with E-state index in [0.717, 1.165) is 12.7 Å². The van der Waals surface area contributed by atoms with Gasteiger partial charge < -0.3 is 15.3 Å². The Hall–Kier alpha value is -2.62. The highest BCUT2D eigenvalue weighted by molar-refractivity contribution is 5.94. The molecule has 25 heavy (non-hydrogen) atoms. The quantitative estimate of drug-likeness (QED) is 0.501. The number of carbonyl (C=O) groups is 2. The molecule has 0 amide bonds. The smallest absolute Gasteiger partial charge is 0.339 e. The van der Waals surface area contributed by atoms with Crippen LogP contribution in [0.25, 0.3) is 0 Å². The van der Waals surface area contributed by atoms with Crippen molar-refractivity contribution in [2.75, 3.05) is 12.8 Å². The molecule has 0 heterocycles. The molecule has 0 radical (unpaired) electrons. The third-order valence-electron chi connectivity index (χ3n) is 3.80. The van der Waals surface area contributed by atoms with E-state index in [1.54, 1.807) is 24.3 Å². The van der Waals surface area contributed by atoms with Crippen molar-refractivity contribution in [2.45, 2.75) is 33.1 Å². The molecule has 2 rings (SSSR count). The molecule has 4 nitrogen and oxygen atoms in total. The number of methoxy groups -OCH3 is 1. The van der Waals surface area contributed by atoms with Crippen LogP contribution in [0, 0.1) is 5.92 Å². The third kappa shape index (κ3) is 6.79. The Balaban J connectivity index is 0.000000257.